The molecule has 0 unspecified atom stereocenters. The maximum Gasteiger partial charge on any atom is 0.127 e. The average molecular weight is 254 g/mol. The topological polar surface area (TPSA) is 27.7 Å². The fourth-order valence-electron chi connectivity index (χ4n) is 2.13. The number of methoxy groups -OCH3 is 2. The Bertz CT molecular complexity index is 439. The molecule has 1 saturated heterocycles. The second kappa shape index (κ2) is 4.42. The van der Waals surface area contributed by atoms with Crippen LogP contribution in [0.5, 0.6) is 11.5 Å². The van der Waals surface area contributed by atoms with Crippen molar-refractivity contribution < 1.29 is 14.2 Å². The molecule has 1 aromatic carbocycles. The molecule has 17 heavy (non-hydrogen) atoms. The predicted molar refractivity (Wildman–Crippen MR) is 70.5 cm³/mol. The molecule has 0 aliphatic carbocycles. The molecule has 4 heteroatoms. The lowest BCUT2D eigenvalue weighted by Gasteiger charge is -2.39. The summed E-state index contributed by atoms with van der Waals surface area (Å²) < 4.78 is 15.9. The van der Waals surface area contributed by atoms with Gasteiger partial charge in [-0.25, -0.2) is 0 Å². The van der Waals surface area contributed by atoms with Crippen molar-refractivity contribution in [1.29, 1.82) is 0 Å². The SMILES string of the molecule is COc1cc(C2(S)COC2)c(OC)c(C)c1C. The van der Waals surface area contributed by atoms with E-state index in [1.807, 2.05) is 19.9 Å². The van der Waals surface area contributed by atoms with Crippen LogP contribution in [-0.2, 0) is 9.48 Å². The average Bonchev–Trinajstić information content (AvgIpc) is 2.29. The van der Waals surface area contributed by atoms with Crippen molar-refractivity contribution >= 4 is 12.6 Å². The zero-order chi connectivity index (χ0) is 12.6. The van der Waals surface area contributed by atoms with Crippen LogP contribution in [0.25, 0.3) is 0 Å². The van der Waals surface area contributed by atoms with Gasteiger partial charge in [0, 0.05) is 5.56 Å². The minimum atomic E-state index is -0.253. The lowest BCUT2D eigenvalue weighted by Crippen LogP contribution is -2.42. The summed E-state index contributed by atoms with van der Waals surface area (Å²) in [5.74, 6) is 1.76. The van der Waals surface area contributed by atoms with Gasteiger partial charge in [0.2, 0.25) is 0 Å². The highest BCUT2D eigenvalue weighted by atomic mass is 32.1. The molecule has 0 atom stereocenters. The van der Waals surface area contributed by atoms with E-state index in [0.717, 1.165) is 28.2 Å². The van der Waals surface area contributed by atoms with Gasteiger partial charge >= 0.3 is 0 Å². The Balaban J connectivity index is 2.60. The molecule has 1 aliphatic rings. The van der Waals surface area contributed by atoms with Crippen LogP contribution in [-0.4, -0.2) is 27.4 Å². The number of benzene rings is 1. The van der Waals surface area contributed by atoms with Gasteiger partial charge in [0.05, 0.1) is 32.2 Å². The minimum absolute atomic E-state index is 0.253. The first-order valence-electron chi connectivity index (χ1n) is 5.56. The van der Waals surface area contributed by atoms with Gasteiger partial charge in [-0.05, 0) is 31.0 Å². The van der Waals surface area contributed by atoms with E-state index < -0.39 is 0 Å². The van der Waals surface area contributed by atoms with Crippen molar-refractivity contribution in [2.24, 2.45) is 0 Å². The summed E-state index contributed by atoms with van der Waals surface area (Å²) in [5, 5.41) is 0. The maximum absolute atomic E-state index is 5.52. The molecular formula is C13H18O3S. The van der Waals surface area contributed by atoms with Gasteiger partial charge in [-0.3, -0.25) is 0 Å². The number of rotatable bonds is 3. The summed E-state index contributed by atoms with van der Waals surface area (Å²) in [6.45, 7) is 5.29. The van der Waals surface area contributed by atoms with Gasteiger partial charge in [-0.1, -0.05) is 0 Å². The molecule has 2 rings (SSSR count). The third-order valence-electron chi connectivity index (χ3n) is 3.40. The third kappa shape index (κ3) is 1.89. The molecular weight excluding hydrogens is 236 g/mol. The number of hydrogen-bond donors (Lipinski definition) is 1. The number of thiol groups is 1. The Hall–Kier alpha value is -0.870. The standard InChI is InChI=1S/C13H18O3S/c1-8-9(2)12(15-4)10(5-11(8)14-3)13(17)6-16-7-13/h5,17H,6-7H2,1-4H3. The second-order valence-electron chi connectivity index (χ2n) is 4.43. The Morgan fingerprint density at radius 1 is 1.18 bits per heavy atom. The van der Waals surface area contributed by atoms with E-state index in [4.69, 9.17) is 26.8 Å². The van der Waals surface area contributed by atoms with Gasteiger partial charge in [-0.2, -0.15) is 12.6 Å². The first-order valence-corrected chi connectivity index (χ1v) is 6.01. The van der Waals surface area contributed by atoms with Crippen LogP contribution in [0, 0.1) is 13.8 Å². The van der Waals surface area contributed by atoms with Crippen molar-refractivity contribution in [2.75, 3.05) is 27.4 Å². The van der Waals surface area contributed by atoms with E-state index in [1.54, 1.807) is 14.2 Å². The fraction of sp³-hybridized carbons (Fsp3) is 0.538. The third-order valence-corrected chi connectivity index (χ3v) is 3.90. The molecule has 0 saturated carbocycles. The van der Waals surface area contributed by atoms with Crippen LogP contribution in [0.15, 0.2) is 6.07 Å². The van der Waals surface area contributed by atoms with Crippen molar-refractivity contribution in [1.82, 2.24) is 0 Å². The summed E-state index contributed by atoms with van der Waals surface area (Å²) in [5.41, 5.74) is 3.25. The van der Waals surface area contributed by atoms with Crippen molar-refractivity contribution in [2.45, 2.75) is 18.6 Å². The molecule has 1 aliphatic heterocycles. The van der Waals surface area contributed by atoms with Crippen LogP contribution in [0.4, 0.5) is 0 Å². The lowest BCUT2D eigenvalue weighted by atomic mass is 9.91. The zero-order valence-corrected chi connectivity index (χ0v) is 11.6. The Kier molecular flexibility index (Phi) is 3.27. The summed E-state index contributed by atoms with van der Waals surface area (Å²) in [4.78, 5) is 0. The monoisotopic (exact) mass is 254 g/mol. The second-order valence-corrected chi connectivity index (χ2v) is 5.29. The molecule has 3 nitrogen and oxygen atoms in total. The van der Waals surface area contributed by atoms with E-state index in [0.29, 0.717) is 13.2 Å². The first kappa shape index (κ1) is 12.6. The van der Waals surface area contributed by atoms with Crippen LogP contribution < -0.4 is 9.47 Å². The summed E-state index contributed by atoms with van der Waals surface area (Å²) >= 11 is 4.69. The van der Waals surface area contributed by atoms with Crippen molar-refractivity contribution in [3.8, 4) is 11.5 Å². The van der Waals surface area contributed by atoms with Gasteiger partial charge in [0.1, 0.15) is 11.5 Å². The molecule has 0 spiro atoms. The van der Waals surface area contributed by atoms with Gasteiger partial charge in [0.25, 0.3) is 0 Å². The van der Waals surface area contributed by atoms with Gasteiger partial charge in [-0.15, -0.1) is 0 Å². The quantitative estimate of drug-likeness (QED) is 0.840. The number of hydrogen-bond acceptors (Lipinski definition) is 4. The van der Waals surface area contributed by atoms with Crippen LogP contribution in [0.1, 0.15) is 16.7 Å². The van der Waals surface area contributed by atoms with E-state index in [2.05, 4.69) is 0 Å². The zero-order valence-electron chi connectivity index (χ0n) is 10.7. The van der Waals surface area contributed by atoms with Crippen LogP contribution in [0.3, 0.4) is 0 Å². The maximum atomic E-state index is 5.52. The minimum Gasteiger partial charge on any atom is -0.496 e. The normalized spacial score (nSPS) is 17.5. The van der Waals surface area contributed by atoms with Crippen LogP contribution >= 0.6 is 12.6 Å². The smallest absolute Gasteiger partial charge is 0.127 e. The van der Waals surface area contributed by atoms with Gasteiger partial charge in [0.15, 0.2) is 0 Å². The molecule has 1 aromatic rings. The van der Waals surface area contributed by atoms with Crippen LogP contribution in [0.2, 0.25) is 0 Å². The highest BCUT2D eigenvalue weighted by molar-refractivity contribution is 7.81. The predicted octanol–water partition coefficient (Wildman–Crippen LogP) is 2.48. The highest BCUT2D eigenvalue weighted by Crippen LogP contribution is 2.45. The lowest BCUT2D eigenvalue weighted by molar-refractivity contribution is -0.0107. The molecule has 0 aromatic heterocycles. The fourth-order valence-corrected chi connectivity index (χ4v) is 2.48. The Morgan fingerprint density at radius 2 is 1.82 bits per heavy atom. The van der Waals surface area contributed by atoms with E-state index in [-0.39, 0.29) is 4.75 Å². The summed E-state index contributed by atoms with van der Waals surface area (Å²) in [6.07, 6.45) is 0. The molecule has 94 valence electrons. The number of ether oxygens (including phenoxy) is 3. The highest BCUT2D eigenvalue weighted by Gasteiger charge is 2.40. The molecule has 1 heterocycles. The molecule has 0 bridgehead atoms. The molecule has 1 fully saturated rings. The van der Waals surface area contributed by atoms with Crippen molar-refractivity contribution in [3.05, 3.63) is 22.8 Å². The van der Waals surface area contributed by atoms with E-state index in [9.17, 15) is 0 Å². The van der Waals surface area contributed by atoms with Gasteiger partial charge < -0.3 is 14.2 Å². The first-order chi connectivity index (χ1) is 8.03. The van der Waals surface area contributed by atoms with E-state index in [1.165, 1.54) is 0 Å². The summed E-state index contributed by atoms with van der Waals surface area (Å²) in [6, 6.07) is 2.01. The Morgan fingerprint density at radius 3 is 2.24 bits per heavy atom. The Labute approximate surface area is 107 Å². The molecule has 0 radical (unpaired) electrons. The van der Waals surface area contributed by atoms with Crippen molar-refractivity contribution in [3.63, 3.8) is 0 Å². The molecule has 0 N–H and O–H groups in total. The largest absolute Gasteiger partial charge is 0.496 e. The molecule has 0 amide bonds. The van der Waals surface area contributed by atoms with E-state index >= 15 is 0 Å². The summed E-state index contributed by atoms with van der Waals surface area (Å²) in [7, 11) is 3.37.